The number of carbonyl (C=O) groups is 3. The average molecular weight is 468 g/mol. The maximum absolute atomic E-state index is 13.1. The molecule has 180 valence electrons. The molecule has 3 N–H and O–H groups in total. The molecular formula is C25H29N3O6. The first kappa shape index (κ1) is 23.7. The van der Waals surface area contributed by atoms with E-state index in [-0.39, 0.29) is 32.0 Å². The maximum Gasteiger partial charge on any atom is 0.407 e. The highest BCUT2D eigenvalue weighted by atomic mass is 16.5. The molecule has 0 aromatic heterocycles. The lowest BCUT2D eigenvalue weighted by Gasteiger charge is -2.28. The standard InChI is InChI=1S/C25H29N3O6/c1-27(2)13-21(23(30)28-12-15(29)11-22(28)24(31)32)26-25(33)34-14-20-18-9-5-3-7-16(18)17-8-4-6-10-19(17)20/h3-10,15,20-22,29H,11-14H2,1-2H3,(H,26,33)(H,31,32)/t15-,21?,22+/m1/s1. The SMILES string of the molecule is CN(C)CC(NC(=O)OCC1c2ccccc2-c2ccccc21)C(=O)N1C[C@H](O)C[C@H]1C(=O)O. The Morgan fingerprint density at radius 2 is 1.68 bits per heavy atom. The lowest BCUT2D eigenvalue weighted by molar-refractivity contribution is -0.149. The van der Waals surface area contributed by atoms with Gasteiger partial charge in [-0.3, -0.25) is 4.79 Å². The zero-order chi connectivity index (χ0) is 24.4. The highest BCUT2D eigenvalue weighted by molar-refractivity contribution is 5.90. The first-order valence-corrected chi connectivity index (χ1v) is 11.2. The summed E-state index contributed by atoms with van der Waals surface area (Å²) in [4.78, 5) is 40.2. The van der Waals surface area contributed by atoms with Gasteiger partial charge in [0.05, 0.1) is 6.10 Å². The first-order chi connectivity index (χ1) is 16.3. The van der Waals surface area contributed by atoms with Crippen LogP contribution in [0.1, 0.15) is 23.5 Å². The number of benzene rings is 2. The van der Waals surface area contributed by atoms with Crippen molar-refractivity contribution in [1.29, 1.82) is 0 Å². The lowest BCUT2D eigenvalue weighted by Crippen LogP contribution is -2.55. The first-order valence-electron chi connectivity index (χ1n) is 11.2. The fourth-order valence-electron chi connectivity index (χ4n) is 4.82. The van der Waals surface area contributed by atoms with Crippen molar-refractivity contribution in [3.8, 4) is 11.1 Å². The van der Waals surface area contributed by atoms with Gasteiger partial charge in [-0.2, -0.15) is 0 Å². The number of aliphatic hydroxyl groups is 1. The lowest BCUT2D eigenvalue weighted by atomic mass is 9.98. The van der Waals surface area contributed by atoms with E-state index in [0.29, 0.717) is 0 Å². The Hall–Kier alpha value is -3.43. The van der Waals surface area contributed by atoms with E-state index in [9.17, 15) is 24.6 Å². The minimum Gasteiger partial charge on any atom is -0.480 e. The van der Waals surface area contributed by atoms with Crippen LogP contribution in [0.4, 0.5) is 4.79 Å². The molecule has 1 aliphatic carbocycles. The Bertz CT molecular complexity index is 1040. The molecule has 1 saturated heterocycles. The van der Waals surface area contributed by atoms with E-state index < -0.39 is 36.2 Å². The highest BCUT2D eigenvalue weighted by Crippen LogP contribution is 2.44. The van der Waals surface area contributed by atoms with Gasteiger partial charge in [-0.15, -0.1) is 0 Å². The van der Waals surface area contributed by atoms with Gasteiger partial charge in [0.25, 0.3) is 0 Å². The number of likely N-dealkylation sites (N-methyl/N-ethyl adjacent to an activating group) is 1. The smallest absolute Gasteiger partial charge is 0.407 e. The van der Waals surface area contributed by atoms with Crippen LogP contribution in [-0.4, -0.2) is 90.0 Å². The van der Waals surface area contributed by atoms with Gasteiger partial charge in [-0.05, 0) is 36.3 Å². The van der Waals surface area contributed by atoms with Gasteiger partial charge < -0.3 is 30.1 Å². The van der Waals surface area contributed by atoms with Crippen LogP contribution in [0.5, 0.6) is 0 Å². The number of likely N-dealkylation sites (tertiary alicyclic amines) is 1. The Balaban J connectivity index is 1.45. The Morgan fingerprint density at radius 1 is 1.09 bits per heavy atom. The molecule has 2 aliphatic rings. The second-order valence-electron chi connectivity index (χ2n) is 9.02. The molecule has 0 spiro atoms. The number of amides is 2. The average Bonchev–Trinajstić information content (AvgIpc) is 3.35. The van der Waals surface area contributed by atoms with Gasteiger partial charge in [0.2, 0.25) is 5.91 Å². The van der Waals surface area contributed by atoms with Crippen LogP contribution in [0.3, 0.4) is 0 Å². The molecule has 4 rings (SSSR count). The molecule has 3 atom stereocenters. The van der Waals surface area contributed by atoms with E-state index in [1.165, 1.54) is 0 Å². The molecule has 0 radical (unpaired) electrons. The number of nitrogens with one attached hydrogen (secondary N) is 1. The van der Waals surface area contributed by atoms with E-state index in [1.807, 2.05) is 48.5 Å². The van der Waals surface area contributed by atoms with E-state index in [0.717, 1.165) is 27.2 Å². The molecule has 0 bridgehead atoms. The van der Waals surface area contributed by atoms with Crippen molar-refractivity contribution < 1.29 is 29.3 Å². The number of carboxylic acid groups (broad SMARTS) is 1. The van der Waals surface area contributed by atoms with Gasteiger partial charge in [0, 0.05) is 25.4 Å². The van der Waals surface area contributed by atoms with E-state index in [4.69, 9.17) is 4.74 Å². The maximum atomic E-state index is 13.1. The van der Waals surface area contributed by atoms with Crippen molar-refractivity contribution in [2.24, 2.45) is 0 Å². The Morgan fingerprint density at radius 3 is 2.24 bits per heavy atom. The number of nitrogens with zero attached hydrogens (tertiary/aromatic N) is 2. The number of fused-ring (bicyclic) bond motifs is 3. The molecular weight excluding hydrogens is 438 g/mol. The molecule has 2 amide bonds. The molecule has 2 aromatic carbocycles. The predicted molar refractivity (Wildman–Crippen MR) is 124 cm³/mol. The number of aliphatic carboxylic acids is 1. The number of aliphatic hydroxyl groups excluding tert-OH is 1. The fraction of sp³-hybridized carbons (Fsp3) is 0.400. The summed E-state index contributed by atoms with van der Waals surface area (Å²) in [7, 11) is 3.49. The second kappa shape index (κ2) is 9.82. The number of alkyl carbamates (subject to hydrolysis) is 1. The summed E-state index contributed by atoms with van der Waals surface area (Å²) in [6.45, 7) is 0.164. The number of carbonyl (C=O) groups excluding carboxylic acids is 2. The van der Waals surface area contributed by atoms with Crippen LogP contribution in [0, 0.1) is 0 Å². The molecule has 1 unspecified atom stereocenters. The molecule has 9 heteroatoms. The predicted octanol–water partition coefficient (Wildman–Crippen LogP) is 1.50. The van der Waals surface area contributed by atoms with E-state index in [1.54, 1.807) is 19.0 Å². The summed E-state index contributed by atoms with van der Waals surface area (Å²) < 4.78 is 5.55. The molecule has 34 heavy (non-hydrogen) atoms. The van der Waals surface area contributed by atoms with Crippen molar-refractivity contribution in [2.75, 3.05) is 33.8 Å². The van der Waals surface area contributed by atoms with Crippen molar-refractivity contribution in [3.63, 3.8) is 0 Å². The minimum absolute atomic E-state index is 0.0410. The molecule has 1 heterocycles. The third-order valence-electron chi connectivity index (χ3n) is 6.33. The molecule has 1 aliphatic heterocycles. The number of β-amino-alcohol motifs (C(OH)–C–C–N with tert-alkyl or cyclic N) is 1. The van der Waals surface area contributed by atoms with Crippen LogP contribution in [-0.2, 0) is 14.3 Å². The molecule has 2 aromatic rings. The van der Waals surface area contributed by atoms with Gasteiger partial charge in [-0.1, -0.05) is 48.5 Å². The van der Waals surface area contributed by atoms with Gasteiger partial charge in [0.15, 0.2) is 0 Å². The summed E-state index contributed by atoms with van der Waals surface area (Å²) >= 11 is 0. The van der Waals surface area contributed by atoms with Crippen LogP contribution in [0.25, 0.3) is 11.1 Å². The monoisotopic (exact) mass is 467 g/mol. The second-order valence-corrected chi connectivity index (χ2v) is 9.02. The van der Waals surface area contributed by atoms with Crippen LogP contribution < -0.4 is 5.32 Å². The van der Waals surface area contributed by atoms with E-state index >= 15 is 0 Å². The summed E-state index contributed by atoms with van der Waals surface area (Å²) in [5, 5.41) is 21.9. The quantitative estimate of drug-likeness (QED) is 0.565. The van der Waals surface area contributed by atoms with Crippen LogP contribution in [0.2, 0.25) is 0 Å². The van der Waals surface area contributed by atoms with Crippen molar-refractivity contribution in [3.05, 3.63) is 59.7 Å². The highest BCUT2D eigenvalue weighted by Gasteiger charge is 2.42. The number of carboxylic acids is 1. The molecule has 1 fully saturated rings. The Labute approximate surface area is 197 Å². The third kappa shape index (κ3) is 4.76. The van der Waals surface area contributed by atoms with Gasteiger partial charge >= 0.3 is 12.1 Å². The van der Waals surface area contributed by atoms with Gasteiger partial charge in [0.1, 0.15) is 18.7 Å². The summed E-state index contributed by atoms with van der Waals surface area (Å²) in [6, 6.07) is 13.8. The normalized spacial score (nSPS) is 20.1. The summed E-state index contributed by atoms with van der Waals surface area (Å²) in [5.41, 5.74) is 4.38. The van der Waals surface area contributed by atoms with Crippen molar-refractivity contribution >= 4 is 18.0 Å². The zero-order valence-corrected chi connectivity index (χ0v) is 19.2. The number of hydrogen-bond donors (Lipinski definition) is 3. The molecule has 9 nitrogen and oxygen atoms in total. The van der Waals surface area contributed by atoms with Gasteiger partial charge in [-0.25, -0.2) is 9.59 Å². The molecule has 0 saturated carbocycles. The number of hydrogen-bond acceptors (Lipinski definition) is 6. The number of ether oxygens (including phenoxy) is 1. The number of rotatable bonds is 7. The Kier molecular flexibility index (Phi) is 6.85. The van der Waals surface area contributed by atoms with Crippen molar-refractivity contribution in [2.45, 2.75) is 30.5 Å². The van der Waals surface area contributed by atoms with E-state index in [2.05, 4.69) is 5.32 Å². The topological polar surface area (TPSA) is 119 Å². The van der Waals surface area contributed by atoms with Crippen molar-refractivity contribution in [1.82, 2.24) is 15.1 Å². The third-order valence-corrected chi connectivity index (χ3v) is 6.33. The zero-order valence-electron chi connectivity index (χ0n) is 19.2. The summed E-state index contributed by atoms with van der Waals surface area (Å²) in [5.74, 6) is -1.87. The fourth-order valence-corrected chi connectivity index (χ4v) is 4.82. The minimum atomic E-state index is -1.19. The summed E-state index contributed by atoms with van der Waals surface area (Å²) in [6.07, 6.45) is -1.71. The largest absolute Gasteiger partial charge is 0.480 e. The van der Waals surface area contributed by atoms with Crippen LogP contribution in [0.15, 0.2) is 48.5 Å². The van der Waals surface area contributed by atoms with Crippen LogP contribution >= 0.6 is 0 Å².